The smallest absolute Gasteiger partial charge is 0.00992 e. The largest absolute Gasteiger partial charge is 0.0636 e. The van der Waals surface area contributed by atoms with Gasteiger partial charge in [-0.1, -0.05) is 89.6 Å². The normalized spacial score (nSPS) is 22.6. The monoisotopic (exact) mass is 372 g/mol. The van der Waals surface area contributed by atoms with Crippen LogP contribution in [0.5, 0.6) is 0 Å². The zero-order valence-corrected chi connectivity index (χ0v) is 17.5. The van der Waals surface area contributed by atoms with E-state index in [-0.39, 0.29) is 0 Å². The van der Waals surface area contributed by atoms with Gasteiger partial charge in [0.05, 0.1) is 0 Å². The summed E-state index contributed by atoms with van der Waals surface area (Å²) in [6.07, 6.45) is 4.01. The molecule has 1 aromatic heterocycles. The second-order valence-electron chi connectivity index (χ2n) is 8.67. The maximum atomic E-state index is 2.50. The highest BCUT2D eigenvalue weighted by Gasteiger charge is 2.38. The first-order chi connectivity index (χ1) is 13.0. The van der Waals surface area contributed by atoms with Crippen molar-refractivity contribution in [3.05, 3.63) is 78.1 Å². The van der Waals surface area contributed by atoms with Gasteiger partial charge >= 0.3 is 0 Å². The molecule has 138 valence electrons. The molecule has 3 aromatic rings. The van der Waals surface area contributed by atoms with Gasteiger partial charge in [-0.05, 0) is 70.6 Å². The number of rotatable bonds is 4. The van der Waals surface area contributed by atoms with Crippen LogP contribution in [0.15, 0.2) is 72.8 Å². The molecule has 0 nitrogen and oxygen atoms in total. The van der Waals surface area contributed by atoms with E-state index in [1.807, 2.05) is 0 Å². The molecule has 0 aliphatic heterocycles. The summed E-state index contributed by atoms with van der Waals surface area (Å²) in [5, 5.41) is 3.03. The lowest BCUT2D eigenvalue weighted by atomic mass is 9.83. The van der Waals surface area contributed by atoms with Crippen molar-refractivity contribution in [1.29, 1.82) is 0 Å². The van der Waals surface area contributed by atoms with E-state index in [1.54, 1.807) is 5.30 Å². The molecule has 0 N–H and O–H groups in total. The molecule has 0 bridgehead atoms. The van der Waals surface area contributed by atoms with Crippen molar-refractivity contribution in [3.63, 3.8) is 0 Å². The molecule has 0 spiro atoms. The molecule has 2 aromatic carbocycles. The fraction of sp³-hybridized carbons (Fsp3) is 0.346. The van der Waals surface area contributed by atoms with Crippen LogP contribution in [0, 0.1) is 11.8 Å². The molecule has 0 radical (unpaired) electrons. The van der Waals surface area contributed by atoms with Crippen molar-refractivity contribution in [1.82, 2.24) is 0 Å². The Morgan fingerprint density at radius 1 is 0.852 bits per heavy atom. The second-order valence-corrected chi connectivity index (χ2v) is 9.85. The summed E-state index contributed by atoms with van der Waals surface area (Å²) in [5.41, 5.74) is 4.35. The quantitative estimate of drug-likeness (QED) is 0.432. The molecule has 4 rings (SSSR count). The van der Waals surface area contributed by atoms with Gasteiger partial charge in [0, 0.05) is 5.30 Å². The molecule has 1 saturated carbocycles. The maximum absolute atomic E-state index is 2.50. The molecule has 27 heavy (non-hydrogen) atoms. The molecule has 1 aliphatic rings. The maximum Gasteiger partial charge on any atom is 0.00992 e. The summed E-state index contributed by atoms with van der Waals surface area (Å²) in [6.45, 7) is 7.28. The third kappa shape index (κ3) is 3.87. The van der Waals surface area contributed by atoms with Crippen molar-refractivity contribution in [3.8, 4) is 22.0 Å². The molecule has 1 heterocycles. The zero-order valence-electron chi connectivity index (χ0n) is 16.7. The van der Waals surface area contributed by atoms with Gasteiger partial charge in [-0.25, -0.2) is 0 Å². The van der Waals surface area contributed by atoms with Crippen molar-refractivity contribution in [2.24, 2.45) is 11.8 Å². The summed E-state index contributed by atoms with van der Waals surface area (Å²) in [5.74, 6) is 1.65. The molecule has 1 fully saturated rings. The van der Waals surface area contributed by atoms with Crippen molar-refractivity contribution < 1.29 is 0 Å². The highest BCUT2D eigenvalue weighted by atomic mass is 31.0. The summed E-state index contributed by atoms with van der Waals surface area (Å²) in [7, 11) is 1.39. The Labute approximate surface area is 165 Å². The van der Waals surface area contributed by atoms with Crippen LogP contribution in [0.4, 0.5) is 0 Å². The van der Waals surface area contributed by atoms with Crippen LogP contribution in [0.1, 0.15) is 45.3 Å². The Morgan fingerprint density at radius 2 is 1.48 bits per heavy atom. The van der Waals surface area contributed by atoms with E-state index in [2.05, 4.69) is 93.6 Å². The lowest BCUT2D eigenvalue weighted by Crippen LogP contribution is -2.17. The molecule has 1 heteroatoms. The predicted molar refractivity (Wildman–Crippen MR) is 119 cm³/mol. The number of hydrogen-bond donors (Lipinski definition) is 0. The van der Waals surface area contributed by atoms with Gasteiger partial charge in [-0.2, -0.15) is 0 Å². The van der Waals surface area contributed by atoms with E-state index in [9.17, 15) is 0 Å². The third-order valence-corrected chi connectivity index (χ3v) is 7.88. The third-order valence-electron chi connectivity index (χ3n) is 6.34. The van der Waals surface area contributed by atoms with E-state index in [1.165, 1.54) is 49.4 Å². The van der Waals surface area contributed by atoms with Gasteiger partial charge in [0.1, 0.15) is 0 Å². The zero-order chi connectivity index (χ0) is 18.9. The molecule has 1 aliphatic carbocycles. The van der Waals surface area contributed by atoms with Gasteiger partial charge in [0.15, 0.2) is 0 Å². The Balaban J connectivity index is 1.82. The van der Waals surface area contributed by atoms with Gasteiger partial charge in [0.2, 0.25) is 0 Å². The minimum Gasteiger partial charge on any atom is -0.0636 e. The van der Waals surface area contributed by atoms with Crippen LogP contribution < -0.4 is 0 Å². The van der Waals surface area contributed by atoms with Crippen molar-refractivity contribution in [2.75, 3.05) is 0 Å². The van der Waals surface area contributed by atoms with Crippen LogP contribution in [-0.4, -0.2) is 0 Å². The number of benzene rings is 2. The lowest BCUT2D eigenvalue weighted by molar-refractivity contribution is 0.369. The Morgan fingerprint density at radius 3 is 2.07 bits per heavy atom. The summed E-state index contributed by atoms with van der Waals surface area (Å²) >= 11 is 0. The van der Waals surface area contributed by atoms with Gasteiger partial charge in [-0.3, -0.25) is 0 Å². The molecule has 2 atom stereocenters. The van der Waals surface area contributed by atoms with Crippen molar-refractivity contribution >= 4 is 8.19 Å². The van der Waals surface area contributed by atoms with Crippen LogP contribution in [0.3, 0.4) is 0 Å². The first kappa shape index (κ1) is 18.5. The van der Waals surface area contributed by atoms with Crippen LogP contribution in [-0.2, 0) is 5.41 Å². The molecule has 0 amide bonds. The van der Waals surface area contributed by atoms with E-state index in [0.29, 0.717) is 5.41 Å². The van der Waals surface area contributed by atoms with E-state index in [4.69, 9.17) is 0 Å². The average Bonchev–Trinajstić information content (AvgIpc) is 3.13. The van der Waals surface area contributed by atoms with E-state index < -0.39 is 0 Å². The molecule has 0 saturated heterocycles. The molecule has 0 unspecified atom stereocenters. The minimum atomic E-state index is 0.324. The fourth-order valence-corrected chi connectivity index (χ4v) is 5.90. The van der Waals surface area contributed by atoms with Crippen LogP contribution >= 0.6 is 8.19 Å². The molecular weight excluding hydrogens is 343 g/mol. The topological polar surface area (TPSA) is 0 Å². The molecular formula is C26H29P. The minimum absolute atomic E-state index is 0.324. The second kappa shape index (κ2) is 7.61. The lowest BCUT2D eigenvalue weighted by Gasteiger charge is -2.27. The first-order valence-corrected chi connectivity index (χ1v) is 11.1. The highest BCUT2D eigenvalue weighted by Crippen LogP contribution is 2.51. The van der Waals surface area contributed by atoms with E-state index in [0.717, 1.165) is 11.8 Å². The van der Waals surface area contributed by atoms with Gasteiger partial charge < -0.3 is 0 Å². The standard InChI is InChI=1S/C26H29P/c1-19(2)22-14-15-26(3,18-22)25-17-23(20-10-6-4-7-11-20)16-24(27-25)21-12-8-5-9-13-21/h4-13,16-17,19,22H,14-15,18H2,1-3H3/t22-,26-/m1/s1. The summed E-state index contributed by atoms with van der Waals surface area (Å²) in [4.78, 5) is 0. The average molecular weight is 372 g/mol. The van der Waals surface area contributed by atoms with Gasteiger partial charge in [-0.15, -0.1) is 0 Å². The van der Waals surface area contributed by atoms with Crippen LogP contribution in [0.25, 0.3) is 22.0 Å². The summed E-state index contributed by atoms with van der Waals surface area (Å²) in [6, 6.07) is 26.6. The summed E-state index contributed by atoms with van der Waals surface area (Å²) < 4.78 is 0. The predicted octanol–water partition coefficient (Wildman–Crippen LogP) is 8.31. The Bertz CT molecular complexity index is 840. The SMILES string of the molecule is CC(C)[C@@H]1CC[C@@](C)(c2cc(-c3ccccc3)cc(-c3ccccc3)p2)C1. The highest BCUT2D eigenvalue weighted by molar-refractivity contribution is 7.34. The number of hydrogen-bond acceptors (Lipinski definition) is 0. The van der Waals surface area contributed by atoms with Crippen LogP contribution in [0.2, 0.25) is 0 Å². The fourth-order valence-electron chi connectivity index (χ4n) is 4.48. The Hall–Kier alpha value is -1.91. The Kier molecular flexibility index (Phi) is 5.20. The van der Waals surface area contributed by atoms with Crippen molar-refractivity contribution in [2.45, 2.75) is 45.4 Å². The van der Waals surface area contributed by atoms with E-state index >= 15 is 0 Å². The van der Waals surface area contributed by atoms with Gasteiger partial charge in [0.25, 0.3) is 0 Å². The first-order valence-electron chi connectivity index (χ1n) is 10.2.